The lowest BCUT2D eigenvalue weighted by molar-refractivity contribution is -0.122. The predicted molar refractivity (Wildman–Crippen MR) is 179 cm³/mol. The number of aliphatic hydroxyl groups excluding tert-OH is 1. The number of carbonyl (C=O) groups excluding carboxylic acids is 2. The summed E-state index contributed by atoms with van der Waals surface area (Å²) in [4.78, 5) is 31.9. The maximum absolute atomic E-state index is 13.9. The van der Waals surface area contributed by atoms with Gasteiger partial charge in [0.1, 0.15) is 5.76 Å². The van der Waals surface area contributed by atoms with Crippen molar-refractivity contribution in [3.63, 3.8) is 0 Å². The van der Waals surface area contributed by atoms with Crippen molar-refractivity contribution in [3.05, 3.63) is 82.4 Å². The van der Waals surface area contributed by atoms with Crippen molar-refractivity contribution < 1.29 is 19.4 Å². The van der Waals surface area contributed by atoms with Gasteiger partial charge in [0.15, 0.2) is 0 Å². The number of anilines is 2. The van der Waals surface area contributed by atoms with Gasteiger partial charge in [-0.25, -0.2) is 0 Å². The largest absolute Gasteiger partial charge is 0.507 e. The summed E-state index contributed by atoms with van der Waals surface area (Å²) < 4.78 is 5.66. The number of fused-ring (bicyclic) bond motifs is 2. The number of nitrogens with one attached hydrogen (secondary N) is 3. The zero-order valence-electron chi connectivity index (χ0n) is 26.9. The second-order valence-electron chi connectivity index (χ2n) is 12.9. The van der Waals surface area contributed by atoms with Crippen molar-refractivity contribution in [1.82, 2.24) is 15.5 Å². The van der Waals surface area contributed by atoms with Gasteiger partial charge in [0.25, 0.3) is 5.91 Å². The van der Waals surface area contributed by atoms with Crippen LogP contribution in [0.15, 0.2) is 65.7 Å². The molecule has 4 aliphatic rings. The molecule has 6 rings (SSSR count). The van der Waals surface area contributed by atoms with Crippen molar-refractivity contribution in [2.24, 2.45) is 0 Å². The van der Waals surface area contributed by atoms with E-state index in [4.69, 9.17) is 4.74 Å². The average molecular weight is 612 g/mol. The van der Waals surface area contributed by atoms with Gasteiger partial charge in [0.05, 0.1) is 5.41 Å². The lowest BCUT2D eigenvalue weighted by atomic mass is 9.73. The standard InChI is InChI=1S/C36H45N5O4/c1-6-41(27-9-15-45-16-10-27)32-20-26(18-28(23(32)3)34(43)37-21-29-24(4)38-22(2)17-33(29)42)25-7-8-30-31(19-25)39-35(44)36(30)11-13-40(5)14-12-36/h7-8,17-20,27,38,42H,4,6,9-16,21H2,1-3,5H3,(H,37,43)(H,39,44). The molecule has 9 nitrogen and oxygen atoms in total. The SMILES string of the molecule is C=C1NC(C)=CC(O)=C1CNC(=O)c1cc(-c2ccc3c(c2)NC(=O)C32CCN(C)CC2)cc(N(CC)C2CCOCC2)c1C. The van der Waals surface area contributed by atoms with E-state index in [1.807, 2.05) is 19.9 Å². The summed E-state index contributed by atoms with van der Waals surface area (Å²) in [6, 6.07) is 10.7. The van der Waals surface area contributed by atoms with Gasteiger partial charge in [-0.3, -0.25) is 9.59 Å². The number of hydrogen-bond donors (Lipinski definition) is 4. The monoisotopic (exact) mass is 611 g/mol. The van der Waals surface area contributed by atoms with E-state index in [2.05, 4.69) is 70.6 Å². The van der Waals surface area contributed by atoms with E-state index in [1.54, 1.807) is 6.08 Å². The summed E-state index contributed by atoms with van der Waals surface area (Å²) in [7, 11) is 2.10. The van der Waals surface area contributed by atoms with Crippen LogP contribution >= 0.6 is 0 Å². The smallest absolute Gasteiger partial charge is 0.251 e. The summed E-state index contributed by atoms with van der Waals surface area (Å²) in [6.45, 7) is 14.2. The fourth-order valence-electron chi connectivity index (χ4n) is 7.38. The molecule has 2 saturated heterocycles. The Morgan fingerprint density at radius 3 is 2.56 bits per heavy atom. The molecule has 2 amide bonds. The Bertz CT molecular complexity index is 1590. The summed E-state index contributed by atoms with van der Waals surface area (Å²) in [5, 5.41) is 19.9. The van der Waals surface area contributed by atoms with E-state index in [-0.39, 0.29) is 24.1 Å². The fourth-order valence-corrected chi connectivity index (χ4v) is 7.38. The van der Waals surface area contributed by atoms with Crippen molar-refractivity contribution >= 4 is 23.2 Å². The van der Waals surface area contributed by atoms with Crippen LogP contribution < -0.4 is 20.9 Å². The molecule has 4 N–H and O–H groups in total. The number of hydrogen-bond acceptors (Lipinski definition) is 7. The molecule has 9 heteroatoms. The minimum absolute atomic E-state index is 0.0884. The van der Waals surface area contributed by atoms with Gasteiger partial charge in [0.2, 0.25) is 5.91 Å². The summed E-state index contributed by atoms with van der Waals surface area (Å²) in [5.74, 6) is -0.0369. The third kappa shape index (κ3) is 5.75. The van der Waals surface area contributed by atoms with E-state index >= 15 is 0 Å². The molecule has 2 fully saturated rings. The number of nitrogens with zero attached hydrogens (tertiary/aromatic N) is 2. The number of benzene rings is 2. The Morgan fingerprint density at radius 1 is 1.13 bits per heavy atom. The molecule has 1 spiro atoms. The Hall–Kier alpha value is -4.08. The topological polar surface area (TPSA) is 106 Å². The van der Waals surface area contributed by atoms with Gasteiger partial charge in [-0.2, -0.15) is 0 Å². The Labute approximate surface area is 266 Å². The van der Waals surface area contributed by atoms with E-state index in [0.29, 0.717) is 22.9 Å². The van der Waals surface area contributed by atoms with E-state index < -0.39 is 5.41 Å². The molecule has 0 aliphatic carbocycles. The molecule has 238 valence electrons. The zero-order valence-corrected chi connectivity index (χ0v) is 26.9. The van der Waals surface area contributed by atoms with Gasteiger partial charge in [0, 0.05) is 66.3 Å². The maximum atomic E-state index is 13.9. The number of dihydropyridines is 1. The molecule has 0 unspecified atom stereocenters. The molecule has 0 atom stereocenters. The number of carbonyl (C=O) groups is 2. The quantitative estimate of drug-likeness (QED) is 0.343. The molecule has 0 radical (unpaired) electrons. The Morgan fingerprint density at radius 2 is 1.87 bits per heavy atom. The van der Waals surface area contributed by atoms with Crippen molar-refractivity contribution in [1.29, 1.82) is 0 Å². The third-order valence-electron chi connectivity index (χ3n) is 10.1. The minimum Gasteiger partial charge on any atom is -0.507 e. The van der Waals surface area contributed by atoms with Crippen molar-refractivity contribution in [2.45, 2.75) is 57.9 Å². The lowest BCUT2D eigenvalue weighted by Crippen LogP contribution is -2.45. The number of amides is 2. The van der Waals surface area contributed by atoms with Gasteiger partial charge in [-0.05, 0) is 113 Å². The fraction of sp³-hybridized carbons (Fsp3) is 0.444. The summed E-state index contributed by atoms with van der Waals surface area (Å²) in [6.07, 6.45) is 5.10. The van der Waals surface area contributed by atoms with Crippen LogP contribution in [-0.2, 0) is 14.9 Å². The average Bonchev–Trinajstić information content (AvgIpc) is 3.29. The van der Waals surface area contributed by atoms with E-state index in [1.165, 1.54) is 0 Å². The minimum atomic E-state index is -0.474. The molecule has 2 aromatic carbocycles. The lowest BCUT2D eigenvalue weighted by Gasteiger charge is -2.37. The van der Waals surface area contributed by atoms with E-state index in [0.717, 1.165) is 97.9 Å². The zero-order chi connectivity index (χ0) is 31.9. The molecule has 4 heterocycles. The molecule has 0 saturated carbocycles. The van der Waals surface area contributed by atoms with Crippen LogP contribution in [0.2, 0.25) is 0 Å². The Balaban J connectivity index is 1.38. The molecule has 4 aliphatic heterocycles. The highest BCUT2D eigenvalue weighted by Crippen LogP contribution is 2.46. The molecule has 2 aromatic rings. The van der Waals surface area contributed by atoms with Crippen LogP contribution in [0.4, 0.5) is 11.4 Å². The van der Waals surface area contributed by atoms with Crippen LogP contribution in [0.1, 0.15) is 61.0 Å². The number of likely N-dealkylation sites (tertiary alicyclic amines) is 1. The molecular weight excluding hydrogens is 566 g/mol. The Kier molecular flexibility index (Phi) is 8.50. The molecular formula is C36H45N5O4. The summed E-state index contributed by atoms with van der Waals surface area (Å²) in [5.41, 5.74) is 7.73. The molecule has 0 aromatic heterocycles. The number of rotatable bonds is 7. The van der Waals surface area contributed by atoms with Gasteiger partial charge in [-0.15, -0.1) is 0 Å². The van der Waals surface area contributed by atoms with Crippen LogP contribution in [0.5, 0.6) is 0 Å². The van der Waals surface area contributed by atoms with Gasteiger partial charge >= 0.3 is 0 Å². The van der Waals surface area contributed by atoms with Gasteiger partial charge in [-0.1, -0.05) is 18.7 Å². The first-order chi connectivity index (χ1) is 21.6. The van der Waals surface area contributed by atoms with Crippen molar-refractivity contribution in [2.75, 3.05) is 56.7 Å². The first-order valence-corrected chi connectivity index (χ1v) is 16.1. The highest BCUT2D eigenvalue weighted by Gasteiger charge is 2.48. The van der Waals surface area contributed by atoms with E-state index in [9.17, 15) is 14.7 Å². The van der Waals surface area contributed by atoms with Crippen molar-refractivity contribution in [3.8, 4) is 11.1 Å². The molecule has 0 bridgehead atoms. The number of piperidine rings is 1. The van der Waals surface area contributed by atoms with Crippen LogP contribution in [-0.4, -0.2) is 74.3 Å². The number of allylic oxidation sites excluding steroid dienone is 2. The maximum Gasteiger partial charge on any atom is 0.251 e. The first kappa shape index (κ1) is 30.9. The second kappa shape index (κ2) is 12.4. The predicted octanol–water partition coefficient (Wildman–Crippen LogP) is 5.15. The highest BCUT2D eigenvalue weighted by atomic mass is 16.5. The van der Waals surface area contributed by atoms with Crippen LogP contribution in [0, 0.1) is 6.92 Å². The normalized spacial score (nSPS) is 20.0. The van der Waals surface area contributed by atoms with Gasteiger partial charge < -0.3 is 35.6 Å². The molecule has 45 heavy (non-hydrogen) atoms. The number of ether oxygens (including phenoxy) is 1. The third-order valence-corrected chi connectivity index (χ3v) is 10.1. The van der Waals surface area contributed by atoms with Crippen LogP contribution in [0.25, 0.3) is 11.1 Å². The number of aliphatic hydroxyl groups is 1. The highest BCUT2D eigenvalue weighted by molar-refractivity contribution is 6.07. The van der Waals surface area contributed by atoms with Crippen LogP contribution in [0.3, 0.4) is 0 Å². The second-order valence-corrected chi connectivity index (χ2v) is 12.9. The summed E-state index contributed by atoms with van der Waals surface area (Å²) >= 11 is 0. The first-order valence-electron chi connectivity index (χ1n) is 16.1.